The third kappa shape index (κ3) is 6.78. The highest BCUT2D eigenvalue weighted by Crippen LogP contribution is 2.36. The van der Waals surface area contributed by atoms with Gasteiger partial charge >= 0.3 is 5.97 Å². The van der Waals surface area contributed by atoms with Gasteiger partial charge in [0.2, 0.25) is 0 Å². The van der Waals surface area contributed by atoms with Gasteiger partial charge < -0.3 is 14.2 Å². The molecule has 4 aromatic rings. The monoisotopic (exact) mass is 756 g/mol. The number of aromatic nitrogens is 1. The van der Waals surface area contributed by atoms with Gasteiger partial charge in [0.15, 0.2) is 4.80 Å². The van der Waals surface area contributed by atoms with E-state index in [9.17, 15) is 9.59 Å². The number of carbonyl (C=O) groups is 1. The van der Waals surface area contributed by atoms with Gasteiger partial charge in [-0.1, -0.05) is 65.9 Å². The molecule has 0 saturated heterocycles. The SMILES string of the molecule is C=CCOc1ccc([C@@H]2C(C(=O)OCC)=C(C)N=c3s/c(=C\c4cc(Br)c(OCc5ccccc5Cl)c(Br)c4)c(=O)n32)cc1. The Hall–Kier alpha value is -3.44. The second-order valence-electron chi connectivity index (χ2n) is 9.66. The van der Waals surface area contributed by atoms with Crippen LogP contribution in [0.15, 0.2) is 103 Å². The predicted molar refractivity (Wildman–Crippen MR) is 180 cm³/mol. The maximum Gasteiger partial charge on any atom is 0.338 e. The molecule has 1 atom stereocenters. The molecule has 11 heteroatoms. The highest BCUT2D eigenvalue weighted by atomic mass is 79.9. The predicted octanol–water partition coefficient (Wildman–Crippen LogP) is 7.12. The number of hydrogen-bond donors (Lipinski definition) is 0. The normalized spacial score (nSPS) is 14.6. The number of ether oxygens (including phenoxy) is 3. The van der Waals surface area contributed by atoms with Crippen molar-refractivity contribution in [1.29, 1.82) is 0 Å². The summed E-state index contributed by atoms with van der Waals surface area (Å²) in [6.45, 7) is 8.03. The molecule has 5 rings (SSSR count). The zero-order valence-corrected chi connectivity index (χ0v) is 28.6. The maximum absolute atomic E-state index is 14.0. The van der Waals surface area contributed by atoms with Crippen molar-refractivity contribution in [3.8, 4) is 11.5 Å². The quantitative estimate of drug-likeness (QED) is 0.127. The number of thiazole rings is 1. The fourth-order valence-corrected chi connectivity index (χ4v) is 7.41. The van der Waals surface area contributed by atoms with Gasteiger partial charge in [-0.3, -0.25) is 9.36 Å². The number of allylic oxidation sites excluding steroid dienone is 1. The highest BCUT2D eigenvalue weighted by molar-refractivity contribution is 9.11. The number of nitrogens with zero attached hydrogens (tertiary/aromatic N) is 2. The van der Waals surface area contributed by atoms with Crippen LogP contribution in [0.1, 0.15) is 36.6 Å². The van der Waals surface area contributed by atoms with E-state index in [1.54, 1.807) is 42.7 Å². The molecule has 0 bridgehead atoms. The minimum Gasteiger partial charge on any atom is -0.490 e. The van der Waals surface area contributed by atoms with Gasteiger partial charge in [0.05, 0.1) is 37.4 Å². The molecule has 0 fully saturated rings. The van der Waals surface area contributed by atoms with Crippen LogP contribution in [0, 0.1) is 0 Å². The summed E-state index contributed by atoms with van der Waals surface area (Å²) in [4.78, 5) is 32.3. The Labute approximate surface area is 280 Å². The second-order valence-corrected chi connectivity index (χ2v) is 12.8. The molecule has 226 valence electrons. The highest BCUT2D eigenvalue weighted by Gasteiger charge is 2.33. The van der Waals surface area contributed by atoms with E-state index in [0.29, 0.717) is 59.3 Å². The van der Waals surface area contributed by atoms with Crippen molar-refractivity contribution in [3.63, 3.8) is 0 Å². The van der Waals surface area contributed by atoms with E-state index in [4.69, 9.17) is 25.8 Å². The van der Waals surface area contributed by atoms with Gasteiger partial charge in [-0.15, -0.1) is 0 Å². The summed E-state index contributed by atoms with van der Waals surface area (Å²) < 4.78 is 20.5. The number of halogens is 3. The van der Waals surface area contributed by atoms with Crippen LogP contribution in [0.2, 0.25) is 5.02 Å². The fraction of sp³-hybridized carbons (Fsp3) is 0.182. The molecule has 0 N–H and O–H groups in total. The molecule has 7 nitrogen and oxygen atoms in total. The van der Waals surface area contributed by atoms with Crippen molar-refractivity contribution >= 4 is 66.8 Å². The Balaban J connectivity index is 1.54. The third-order valence-corrected chi connectivity index (χ3v) is 9.26. The van der Waals surface area contributed by atoms with Crippen LogP contribution in [0.25, 0.3) is 6.08 Å². The van der Waals surface area contributed by atoms with E-state index < -0.39 is 12.0 Å². The van der Waals surface area contributed by atoms with Crippen LogP contribution in [0.3, 0.4) is 0 Å². The number of esters is 1. The first-order valence-corrected chi connectivity index (χ1v) is 16.4. The smallest absolute Gasteiger partial charge is 0.338 e. The number of carbonyl (C=O) groups excluding carboxylic acids is 1. The van der Waals surface area contributed by atoms with E-state index in [2.05, 4.69) is 43.4 Å². The summed E-state index contributed by atoms with van der Waals surface area (Å²) >= 11 is 14.8. The standard InChI is InChI=1S/C33H27Br2ClN2O5S/c1-4-14-42-23-12-10-21(11-13-23)29-28(32(40)41-5-2)19(3)37-33-38(29)31(39)27(44-33)17-20-15-24(34)30(25(35)16-20)43-18-22-8-6-7-9-26(22)36/h4,6-13,15-17,29H,1,5,14,18H2,2-3H3/b27-17-/t29-/m1/s1. The van der Waals surface area contributed by atoms with Crippen LogP contribution in [0.5, 0.6) is 11.5 Å². The first-order valence-electron chi connectivity index (χ1n) is 13.6. The van der Waals surface area contributed by atoms with Crippen molar-refractivity contribution < 1.29 is 19.0 Å². The molecule has 0 spiro atoms. The van der Waals surface area contributed by atoms with Crippen molar-refractivity contribution in [1.82, 2.24) is 4.57 Å². The lowest BCUT2D eigenvalue weighted by molar-refractivity contribution is -0.139. The zero-order valence-electron chi connectivity index (χ0n) is 23.8. The molecule has 1 aromatic heterocycles. The molecule has 1 aliphatic rings. The summed E-state index contributed by atoms with van der Waals surface area (Å²) in [5.41, 5.74) is 2.90. The summed E-state index contributed by atoms with van der Waals surface area (Å²) in [6.07, 6.45) is 3.46. The first kappa shape index (κ1) is 32.0. The van der Waals surface area contributed by atoms with Gasteiger partial charge in [-0.05, 0) is 93.2 Å². The second kappa shape index (κ2) is 14.1. The maximum atomic E-state index is 14.0. The van der Waals surface area contributed by atoms with E-state index in [1.807, 2.05) is 48.5 Å². The van der Waals surface area contributed by atoms with Gasteiger partial charge in [-0.2, -0.15) is 0 Å². The van der Waals surface area contributed by atoms with Crippen molar-refractivity contribution in [2.75, 3.05) is 13.2 Å². The number of benzene rings is 3. The van der Waals surface area contributed by atoms with E-state index in [1.165, 1.54) is 11.3 Å². The van der Waals surface area contributed by atoms with Gasteiger partial charge in [0.1, 0.15) is 24.7 Å². The molecule has 2 heterocycles. The zero-order chi connectivity index (χ0) is 31.4. The summed E-state index contributed by atoms with van der Waals surface area (Å²) in [7, 11) is 0. The molecule has 0 radical (unpaired) electrons. The number of hydrogen-bond acceptors (Lipinski definition) is 7. The van der Waals surface area contributed by atoms with E-state index >= 15 is 0 Å². The molecule has 44 heavy (non-hydrogen) atoms. The van der Waals surface area contributed by atoms with Crippen molar-refractivity contribution in [2.24, 2.45) is 4.99 Å². The average molecular weight is 759 g/mol. The molecule has 0 aliphatic carbocycles. The van der Waals surface area contributed by atoms with Crippen molar-refractivity contribution in [2.45, 2.75) is 26.5 Å². The Kier molecular flexibility index (Phi) is 10.3. The Bertz CT molecular complexity index is 1930. The molecular weight excluding hydrogens is 732 g/mol. The van der Waals surface area contributed by atoms with E-state index in [0.717, 1.165) is 16.7 Å². The minimum absolute atomic E-state index is 0.197. The van der Waals surface area contributed by atoms with Crippen LogP contribution in [-0.2, 0) is 16.1 Å². The topological polar surface area (TPSA) is 79.1 Å². The molecular formula is C33H27Br2ClN2O5S. The Morgan fingerprint density at radius 1 is 1.11 bits per heavy atom. The lowest BCUT2D eigenvalue weighted by atomic mass is 9.96. The summed E-state index contributed by atoms with van der Waals surface area (Å²) in [6, 6.07) is 17.8. The summed E-state index contributed by atoms with van der Waals surface area (Å²) in [5.74, 6) is 0.744. The van der Waals surface area contributed by atoms with Crippen LogP contribution in [-0.4, -0.2) is 23.8 Å². The van der Waals surface area contributed by atoms with Gasteiger partial charge in [0.25, 0.3) is 5.56 Å². The van der Waals surface area contributed by atoms with Crippen molar-refractivity contribution in [3.05, 3.63) is 135 Å². The van der Waals surface area contributed by atoms with Gasteiger partial charge in [0, 0.05) is 10.6 Å². The third-order valence-electron chi connectivity index (χ3n) is 6.73. The first-order chi connectivity index (χ1) is 21.2. The Morgan fingerprint density at radius 3 is 2.48 bits per heavy atom. The molecule has 3 aromatic carbocycles. The molecule has 0 unspecified atom stereocenters. The van der Waals surface area contributed by atoms with E-state index in [-0.39, 0.29) is 12.2 Å². The average Bonchev–Trinajstić information content (AvgIpc) is 3.29. The number of fused-ring (bicyclic) bond motifs is 1. The van der Waals surface area contributed by atoms with Crippen LogP contribution >= 0.6 is 54.8 Å². The fourth-order valence-electron chi connectivity index (χ4n) is 4.73. The van der Waals surface area contributed by atoms with Crippen LogP contribution < -0.4 is 24.4 Å². The molecule has 0 amide bonds. The van der Waals surface area contributed by atoms with Gasteiger partial charge in [-0.25, -0.2) is 9.79 Å². The number of rotatable bonds is 10. The lowest BCUT2D eigenvalue weighted by Gasteiger charge is -2.24. The lowest BCUT2D eigenvalue weighted by Crippen LogP contribution is -2.39. The largest absolute Gasteiger partial charge is 0.490 e. The van der Waals surface area contributed by atoms with Crippen LogP contribution in [0.4, 0.5) is 0 Å². The molecule has 0 saturated carbocycles. The summed E-state index contributed by atoms with van der Waals surface area (Å²) in [5, 5.41) is 0.628. The molecule has 1 aliphatic heterocycles. The minimum atomic E-state index is -0.722. The Morgan fingerprint density at radius 2 is 1.82 bits per heavy atom.